The number of aromatic nitrogens is 1. The van der Waals surface area contributed by atoms with Gasteiger partial charge in [-0.1, -0.05) is 26.0 Å². The van der Waals surface area contributed by atoms with Crippen LogP contribution in [0.1, 0.15) is 49.7 Å². The zero-order chi connectivity index (χ0) is 17.0. The van der Waals surface area contributed by atoms with E-state index in [1.807, 2.05) is 13.0 Å². The highest BCUT2D eigenvalue weighted by Crippen LogP contribution is 2.21. The van der Waals surface area contributed by atoms with Gasteiger partial charge < -0.3 is 9.73 Å². The van der Waals surface area contributed by atoms with Crippen LogP contribution in [0.25, 0.3) is 0 Å². The predicted molar refractivity (Wildman–Crippen MR) is 88.5 cm³/mol. The Balaban J connectivity index is 2.11. The van der Waals surface area contributed by atoms with Crippen molar-refractivity contribution in [2.45, 2.75) is 44.2 Å². The minimum Gasteiger partial charge on any atom is -0.448 e. The predicted octanol–water partition coefficient (Wildman–Crippen LogP) is 2.56. The van der Waals surface area contributed by atoms with Gasteiger partial charge in [-0.05, 0) is 31.7 Å². The lowest BCUT2D eigenvalue weighted by Gasteiger charge is -2.15. The first-order valence-electron chi connectivity index (χ1n) is 7.54. The van der Waals surface area contributed by atoms with Crippen molar-refractivity contribution in [3.8, 4) is 0 Å². The first-order valence-corrected chi connectivity index (χ1v) is 9.02. The Morgan fingerprint density at radius 2 is 2.00 bits per heavy atom. The SMILES string of the molecule is CNS(=O)(=O)c1cccc([C@@H](C)NCc2ncoc2C(C)C)c1. The quantitative estimate of drug-likeness (QED) is 0.811. The highest BCUT2D eigenvalue weighted by Gasteiger charge is 2.16. The summed E-state index contributed by atoms with van der Waals surface area (Å²) in [5.41, 5.74) is 1.78. The number of oxazole rings is 1. The molecule has 2 aromatic rings. The molecular weight excluding hydrogens is 314 g/mol. The van der Waals surface area contributed by atoms with Gasteiger partial charge in [-0.3, -0.25) is 0 Å². The average molecular weight is 337 g/mol. The number of hydrogen-bond acceptors (Lipinski definition) is 5. The number of rotatable bonds is 7. The maximum Gasteiger partial charge on any atom is 0.240 e. The minimum absolute atomic E-state index is 0.0151. The lowest BCUT2D eigenvalue weighted by molar-refractivity contribution is 0.473. The van der Waals surface area contributed by atoms with Crippen molar-refractivity contribution in [3.05, 3.63) is 47.7 Å². The fourth-order valence-electron chi connectivity index (χ4n) is 2.32. The van der Waals surface area contributed by atoms with Crippen molar-refractivity contribution in [1.82, 2.24) is 15.0 Å². The third kappa shape index (κ3) is 4.19. The maximum atomic E-state index is 11.9. The van der Waals surface area contributed by atoms with E-state index in [4.69, 9.17) is 4.42 Å². The second-order valence-electron chi connectivity index (χ2n) is 5.70. The number of hydrogen-bond donors (Lipinski definition) is 2. The Morgan fingerprint density at radius 1 is 1.26 bits per heavy atom. The van der Waals surface area contributed by atoms with E-state index in [1.165, 1.54) is 13.4 Å². The van der Waals surface area contributed by atoms with Gasteiger partial charge in [-0.25, -0.2) is 18.1 Å². The molecule has 0 bridgehead atoms. The molecule has 0 spiro atoms. The van der Waals surface area contributed by atoms with E-state index in [1.54, 1.807) is 18.2 Å². The summed E-state index contributed by atoms with van der Waals surface area (Å²) in [6.45, 7) is 6.66. The topological polar surface area (TPSA) is 84.2 Å². The zero-order valence-corrected chi connectivity index (χ0v) is 14.6. The van der Waals surface area contributed by atoms with Crippen molar-refractivity contribution in [2.75, 3.05) is 7.05 Å². The van der Waals surface area contributed by atoms with Crippen LogP contribution in [-0.2, 0) is 16.6 Å². The highest BCUT2D eigenvalue weighted by molar-refractivity contribution is 7.89. The molecule has 1 atom stereocenters. The molecule has 126 valence electrons. The summed E-state index contributed by atoms with van der Waals surface area (Å²) in [6.07, 6.45) is 1.46. The van der Waals surface area contributed by atoms with Gasteiger partial charge in [0.1, 0.15) is 5.76 Å². The Bertz CT molecular complexity index is 753. The van der Waals surface area contributed by atoms with E-state index < -0.39 is 10.0 Å². The van der Waals surface area contributed by atoms with Gasteiger partial charge in [0.25, 0.3) is 0 Å². The van der Waals surface area contributed by atoms with Crippen LogP contribution in [0.3, 0.4) is 0 Å². The molecule has 0 amide bonds. The Morgan fingerprint density at radius 3 is 2.65 bits per heavy atom. The number of benzene rings is 1. The van der Waals surface area contributed by atoms with E-state index in [0.717, 1.165) is 17.0 Å². The maximum absolute atomic E-state index is 11.9. The highest BCUT2D eigenvalue weighted by atomic mass is 32.2. The molecule has 0 fully saturated rings. The van der Waals surface area contributed by atoms with Gasteiger partial charge in [-0.2, -0.15) is 0 Å². The number of nitrogens with zero attached hydrogens (tertiary/aromatic N) is 1. The molecular formula is C16H23N3O3S. The number of nitrogens with one attached hydrogen (secondary N) is 2. The second-order valence-corrected chi connectivity index (χ2v) is 7.59. The summed E-state index contributed by atoms with van der Waals surface area (Å²) < 4.78 is 31.5. The van der Waals surface area contributed by atoms with Crippen LogP contribution in [0, 0.1) is 0 Å². The molecule has 0 saturated carbocycles. The normalized spacial score (nSPS) is 13.4. The van der Waals surface area contributed by atoms with Crippen molar-refractivity contribution in [2.24, 2.45) is 0 Å². The van der Waals surface area contributed by atoms with Gasteiger partial charge in [0, 0.05) is 18.5 Å². The van der Waals surface area contributed by atoms with Crippen LogP contribution >= 0.6 is 0 Å². The molecule has 0 aliphatic rings. The van der Waals surface area contributed by atoms with Crippen molar-refractivity contribution in [1.29, 1.82) is 0 Å². The molecule has 1 aromatic heterocycles. The van der Waals surface area contributed by atoms with Crippen LogP contribution in [0.15, 0.2) is 40.0 Å². The van der Waals surface area contributed by atoms with E-state index >= 15 is 0 Å². The second kappa shape index (κ2) is 7.25. The van der Waals surface area contributed by atoms with Crippen molar-refractivity contribution in [3.63, 3.8) is 0 Å². The summed E-state index contributed by atoms with van der Waals surface area (Å²) in [6, 6.07) is 6.89. The van der Waals surface area contributed by atoms with Gasteiger partial charge in [0.15, 0.2) is 6.39 Å². The van der Waals surface area contributed by atoms with E-state index in [-0.39, 0.29) is 16.9 Å². The Hall–Kier alpha value is -1.70. The first-order chi connectivity index (χ1) is 10.8. The minimum atomic E-state index is -3.44. The third-order valence-electron chi connectivity index (χ3n) is 3.71. The van der Waals surface area contributed by atoms with E-state index in [0.29, 0.717) is 6.54 Å². The number of sulfonamides is 1. The lowest BCUT2D eigenvalue weighted by Crippen LogP contribution is -2.21. The third-order valence-corrected chi connectivity index (χ3v) is 5.12. The molecule has 0 unspecified atom stereocenters. The lowest BCUT2D eigenvalue weighted by atomic mass is 10.1. The Kier molecular flexibility index (Phi) is 5.56. The summed E-state index contributed by atoms with van der Waals surface area (Å²) >= 11 is 0. The summed E-state index contributed by atoms with van der Waals surface area (Å²) in [4.78, 5) is 4.50. The van der Waals surface area contributed by atoms with Gasteiger partial charge in [0.2, 0.25) is 10.0 Å². The molecule has 6 nitrogen and oxygen atoms in total. The smallest absolute Gasteiger partial charge is 0.240 e. The molecule has 7 heteroatoms. The summed E-state index contributed by atoms with van der Waals surface area (Å²) in [5, 5.41) is 3.36. The average Bonchev–Trinajstić information content (AvgIpc) is 3.01. The molecule has 1 heterocycles. The van der Waals surface area contributed by atoms with Crippen molar-refractivity contribution < 1.29 is 12.8 Å². The van der Waals surface area contributed by atoms with Gasteiger partial charge in [-0.15, -0.1) is 0 Å². The molecule has 0 aliphatic heterocycles. The fraction of sp³-hybridized carbons (Fsp3) is 0.438. The first kappa shape index (κ1) is 17.7. The molecule has 1 aromatic carbocycles. The monoisotopic (exact) mass is 337 g/mol. The van der Waals surface area contributed by atoms with Crippen LogP contribution in [0.2, 0.25) is 0 Å². The Labute approximate surface area is 137 Å². The molecule has 23 heavy (non-hydrogen) atoms. The van der Waals surface area contributed by atoms with Gasteiger partial charge in [0.05, 0.1) is 10.6 Å². The van der Waals surface area contributed by atoms with Crippen LogP contribution < -0.4 is 10.0 Å². The van der Waals surface area contributed by atoms with E-state index in [2.05, 4.69) is 28.9 Å². The zero-order valence-electron chi connectivity index (χ0n) is 13.8. The van der Waals surface area contributed by atoms with Crippen LogP contribution in [0.4, 0.5) is 0 Å². The molecule has 2 N–H and O–H groups in total. The molecule has 2 rings (SSSR count). The summed E-state index contributed by atoms with van der Waals surface area (Å²) in [7, 11) is -2.03. The molecule has 0 radical (unpaired) electrons. The molecule has 0 aliphatic carbocycles. The molecule has 0 saturated heterocycles. The van der Waals surface area contributed by atoms with Crippen molar-refractivity contribution >= 4 is 10.0 Å². The fourth-order valence-corrected chi connectivity index (χ4v) is 3.10. The van der Waals surface area contributed by atoms with Crippen LogP contribution in [0.5, 0.6) is 0 Å². The van der Waals surface area contributed by atoms with Crippen LogP contribution in [-0.4, -0.2) is 20.4 Å². The van der Waals surface area contributed by atoms with E-state index in [9.17, 15) is 8.42 Å². The van der Waals surface area contributed by atoms with Gasteiger partial charge >= 0.3 is 0 Å². The summed E-state index contributed by atoms with van der Waals surface area (Å²) in [5.74, 6) is 1.14. The standard InChI is InChI=1S/C16H23N3O3S/c1-11(2)16-15(19-10-22-16)9-18-12(3)13-6-5-7-14(8-13)23(20,21)17-4/h5-8,10-12,17-18H,9H2,1-4H3/t12-/m1/s1. The largest absolute Gasteiger partial charge is 0.448 e.